The SMILES string of the molecule is Nc1nc2c(ncn2[C@@H]2O[C@H](CO)[C@@H](OP(=O)(S)OC[C@H]3O[C@@H](n4cnc5c(N)ncnc54)[C@H](O)[C@@H]3OP(O)(O)=S)[C@H]2O)c(=O)[nH]1. The number of aromatic amines is 1. The maximum atomic E-state index is 13.4. The van der Waals surface area contributed by atoms with E-state index in [-0.39, 0.29) is 34.1 Å². The van der Waals surface area contributed by atoms with E-state index in [1.54, 1.807) is 0 Å². The predicted octanol–water partition coefficient (Wildman–Crippen LogP) is -2.33. The highest BCUT2D eigenvalue weighted by atomic mass is 32.7. The van der Waals surface area contributed by atoms with Crippen LogP contribution < -0.4 is 17.0 Å². The molecule has 4 aromatic heterocycles. The van der Waals surface area contributed by atoms with Gasteiger partial charge in [0.05, 0.1) is 25.9 Å². The first kappa shape index (κ1) is 33.2. The molecule has 0 aromatic carbocycles. The van der Waals surface area contributed by atoms with Crippen molar-refractivity contribution in [2.75, 3.05) is 24.7 Å². The average molecular weight is 725 g/mol. The quantitative estimate of drug-likeness (QED) is 0.0611. The zero-order valence-electron chi connectivity index (χ0n) is 22.9. The molecule has 2 saturated heterocycles. The van der Waals surface area contributed by atoms with Crippen LogP contribution in [0.25, 0.3) is 22.3 Å². The number of aliphatic hydroxyl groups excluding tert-OH is 3. The molecule has 26 heteroatoms. The molecule has 0 amide bonds. The Morgan fingerprint density at radius 2 is 1.59 bits per heavy atom. The second-order valence-corrected chi connectivity index (χ2v) is 15.5. The van der Waals surface area contributed by atoms with Crippen LogP contribution in [0.5, 0.6) is 0 Å². The number of imidazole rings is 2. The molecule has 2 aliphatic heterocycles. The predicted molar refractivity (Wildman–Crippen MR) is 160 cm³/mol. The molecule has 6 heterocycles. The summed E-state index contributed by atoms with van der Waals surface area (Å²) in [7, 11) is 0. The van der Waals surface area contributed by atoms with Gasteiger partial charge in [0.25, 0.3) is 5.56 Å². The second kappa shape index (κ2) is 12.4. The van der Waals surface area contributed by atoms with Crippen LogP contribution in [0, 0.1) is 0 Å². The molecule has 6 rings (SSSR count). The Hall–Kier alpha value is -2.67. The molecule has 0 radical (unpaired) electrons. The minimum Gasteiger partial charge on any atom is -0.394 e. The summed E-state index contributed by atoms with van der Waals surface area (Å²) < 4.78 is 43.5. The number of anilines is 2. The largest absolute Gasteiger partial charge is 0.394 e. The maximum Gasteiger partial charge on any atom is 0.386 e. The van der Waals surface area contributed by atoms with Crippen LogP contribution in [0.1, 0.15) is 12.5 Å². The third-order valence-corrected chi connectivity index (χ3v) is 9.49. The van der Waals surface area contributed by atoms with Gasteiger partial charge < -0.3 is 46.0 Å². The van der Waals surface area contributed by atoms with Gasteiger partial charge in [-0.1, -0.05) is 12.2 Å². The van der Waals surface area contributed by atoms with Crippen LogP contribution >= 0.6 is 25.8 Å². The van der Waals surface area contributed by atoms with E-state index in [9.17, 15) is 34.5 Å². The van der Waals surface area contributed by atoms with Gasteiger partial charge in [-0.2, -0.15) is 4.98 Å². The Kier molecular flexibility index (Phi) is 8.97. The normalized spacial score (nSPS) is 30.0. The first-order valence-corrected chi connectivity index (χ1v) is 18.3. The third-order valence-electron chi connectivity index (χ3n) is 7.10. The number of nitrogens with zero attached hydrogens (tertiary/aromatic N) is 7. The van der Waals surface area contributed by atoms with Crippen molar-refractivity contribution in [3.05, 3.63) is 29.3 Å². The van der Waals surface area contributed by atoms with Gasteiger partial charge in [0.2, 0.25) is 5.95 Å². The molecule has 0 aliphatic carbocycles. The maximum absolute atomic E-state index is 13.4. The van der Waals surface area contributed by atoms with Crippen molar-refractivity contribution in [1.29, 1.82) is 0 Å². The number of nitrogen functional groups attached to an aromatic ring is 2. The van der Waals surface area contributed by atoms with Crippen LogP contribution in [-0.2, 0) is 39.4 Å². The lowest BCUT2D eigenvalue weighted by Gasteiger charge is -2.25. The number of hydrogen-bond acceptors (Lipinski definition) is 18. The van der Waals surface area contributed by atoms with Gasteiger partial charge in [0, 0.05) is 0 Å². The van der Waals surface area contributed by atoms with Gasteiger partial charge in [0.15, 0.2) is 35.1 Å². The lowest BCUT2D eigenvalue weighted by atomic mass is 10.1. The monoisotopic (exact) mass is 724 g/mol. The van der Waals surface area contributed by atoms with Gasteiger partial charge in [-0.05, 0) is 11.8 Å². The van der Waals surface area contributed by atoms with Crippen molar-refractivity contribution in [2.45, 2.75) is 49.1 Å². The summed E-state index contributed by atoms with van der Waals surface area (Å²) in [5, 5.41) is 32.1. The van der Waals surface area contributed by atoms with Gasteiger partial charge in [-0.25, -0.2) is 24.5 Å². The van der Waals surface area contributed by atoms with E-state index in [1.807, 2.05) is 0 Å². The fraction of sp³-hybridized carbons (Fsp3) is 0.500. The molecule has 1 unspecified atom stereocenters. The van der Waals surface area contributed by atoms with Crippen molar-refractivity contribution in [3.8, 4) is 0 Å². The second-order valence-electron chi connectivity index (χ2n) is 10.0. The van der Waals surface area contributed by atoms with Crippen LogP contribution in [0.15, 0.2) is 23.8 Å². The van der Waals surface area contributed by atoms with E-state index < -0.39 is 81.4 Å². The molecule has 9 atom stereocenters. The molecule has 250 valence electrons. The number of hydrogen-bond donors (Lipinski definition) is 9. The van der Waals surface area contributed by atoms with Crippen molar-refractivity contribution in [3.63, 3.8) is 0 Å². The molecular formula is C20H26N10O12P2S2. The van der Waals surface area contributed by atoms with Crippen molar-refractivity contribution >= 4 is 71.7 Å². The van der Waals surface area contributed by atoms with Crippen LogP contribution in [0.3, 0.4) is 0 Å². The zero-order chi connectivity index (χ0) is 33.1. The standard InChI is InChI=1S/C20H26N10O12P2S2/c21-14-8-15(24-3-23-14)29(4-25-8)18-11(33)13(41-43(35,36)45)7(40-18)2-38-44(37,46)42-12-6(1-31)39-19(10(12)32)30-5-26-9-16(30)27-20(22)28-17(9)34/h3-7,10-13,18-19,31-33H,1-2H2,(H,37,46)(H2,21,23,24)(H2,35,36,45)(H3,22,27,28,34)/t6-,7-,10-,11-,12-,13-,18-,19-,44?/m1/s1. The summed E-state index contributed by atoms with van der Waals surface area (Å²) in [6.07, 6.45) is -8.00. The van der Waals surface area contributed by atoms with E-state index in [4.69, 9.17) is 34.5 Å². The molecule has 0 spiro atoms. The van der Waals surface area contributed by atoms with Gasteiger partial charge >= 0.3 is 13.5 Å². The fourth-order valence-corrected chi connectivity index (χ4v) is 7.50. The molecule has 2 fully saturated rings. The highest BCUT2D eigenvalue weighted by Gasteiger charge is 2.51. The summed E-state index contributed by atoms with van der Waals surface area (Å²) in [5.74, 6) is -0.179. The van der Waals surface area contributed by atoms with Gasteiger partial charge in [-0.3, -0.25) is 32.5 Å². The fourth-order valence-electron chi connectivity index (χ4n) is 5.14. The molecule has 0 saturated carbocycles. The number of rotatable bonds is 10. The summed E-state index contributed by atoms with van der Waals surface area (Å²) >= 11 is 8.56. The van der Waals surface area contributed by atoms with Crippen molar-refractivity contribution in [2.24, 2.45) is 0 Å². The number of thiol groups is 1. The number of nitrogens with one attached hydrogen (secondary N) is 1. The smallest absolute Gasteiger partial charge is 0.386 e. The van der Waals surface area contributed by atoms with Crippen LogP contribution in [0.4, 0.5) is 11.8 Å². The molecule has 0 bridgehead atoms. The van der Waals surface area contributed by atoms with E-state index in [0.717, 1.165) is 12.7 Å². The lowest BCUT2D eigenvalue weighted by molar-refractivity contribution is -0.0532. The number of aliphatic hydroxyl groups is 3. The molecule has 2 aliphatic rings. The molecule has 22 nitrogen and oxygen atoms in total. The third kappa shape index (κ3) is 6.30. The molecule has 46 heavy (non-hydrogen) atoms. The number of H-pyrrole nitrogens is 1. The number of aromatic nitrogens is 8. The Bertz CT molecular complexity index is 1920. The Morgan fingerprint density at radius 1 is 0.978 bits per heavy atom. The topological polar surface area (TPSA) is 324 Å². The Morgan fingerprint density at radius 3 is 2.24 bits per heavy atom. The molecular weight excluding hydrogens is 698 g/mol. The molecule has 4 aromatic rings. The highest BCUT2D eigenvalue weighted by Crippen LogP contribution is 2.57. The van der Waals surface area contributed by atoms with Crippen LogP contribution in [0.2, 0.25) is 0 Å². The van der Waals surface area contributed by atoms with E-state index >= 15 is 0 Å². The number of ether oxygens (including phenoxy) is 2. The first-order chi connectivity index (χ1) is 21.7. The zero-order valence-corrected chi connectivity index (χ0v) is 26.4. The van der Waals surface area contributed by atoms with Crippen molar-refractivity contribution < 1.29 is 52.7 Å². The summed E-state index contributed by atoms with van der Waals surface area (Å²) in [6, 6.07) is 0. The lowest BCUT2D eigenvalue weighted by Crippen LogP contribution is -2.37. The Balaban J connectivity index is 1.19. The highest BCUT2D eigenvalue weighted by molar-refractivity contribution is 8.44. The van der Waals surface area contributed by atoms with Crippen molar-refractivity contribution in [1.82, 2.24) is 39.0 Å². The van der Waals surface area contributed by atoms with Gasteiger partial charge in [-0.15, -0.1) is 0 Å². The van der Waals surface area contributed by atoms with E-state index in [0.29, 0.717) is 0 Å². The number of nitrogens with two attached hydrogens (primary N) is 2. The minimum atomic E-state index is -4.46. The minimum absolute atomic E-state index is 0.0428. The van der Waals surface area contributed by atoms with E-state index in [1.165, 1.54) is 15.5 Å². The summed E-state index contributed by atoms with van der Waals surface area (Å²) in [4.78, 5) is 54.1. The summed E-state index contributed by atoms with van der Waals surface area (Å²) in [6.45, 7) is -10.2. The average Bonchev–Trinajstić information content (AvgIpc) is 3.73. The van der Waals surface area contributed by atoms with E-state index in [2.05, 4.69) is 54.0 Å². The number of fused-ring (bicyclic) bond motifs is 2. The Labute approximate surface area is 266 Å². The summed E-state index contributed by atoms with van der Waals surface area (Å²) in [5.41, 5.74) is 11.0. The van der Waals surface area contributed by atoms with Gasteiger partial charge in [0.1, 0.15) is 48.5 Å². The first-order valence-electron chi connectivity index (χ1n) is 13.0. The molecule has 10 N–H and O–H groups in total. The van der Waals surface area contributed by atoms with Crippen LogP contribution in [-0.4, -0.2) is 114 Å².